The number of nitrogens with one attached hydrogen (secondary N) is 2. The molecule has 34 heavy (non-hydrogen) atoms. The van der Waals surface area contributed by atoms with Crippen molar-refractivity contribution < 1.29 is 9.18 Å². The minimum atomic E-state index is -0.443. The number of aromatic nitrogens is 4. The summed E-state index contributed by atoms with van der Waals surface area (Å²) in [5.41, 5.74) is 8.30. The van der Waals surface area contributed by atoms with E-state index in [1.54, 1.807) is 5.38 Å². The van der Waals surface area contributed by atoms with Crippen molar-refractivity contribution >= 4 is 28.3 Å². The first-order chi connectivity index (χ1) is 16.6. The van der Waals surface area contributed by atoms with Crippen molar-refractivity contribution in [1.82, 2.24) is 30.2 Å². The second-order valence-corrected chi connectivity index (χ2v) is 8.87. The van der Waals surface area contributed by atoms with Crippen LogP contribution in [0.25, 0.3) is 11.0 Å². The molecule has 8 nitrogen and oxygen atoms in total. The molecule has 1 amide bonds. The Kier molecular flexibility index (Phi) is 8.29. The van der Waals surface area contributed by atoms with Crippen molar-refractivity contribution in [3.8, 4) is 0 Å². The second-order valence-electron chi connectivity index (χ2n) is 7.93. The molecule has 0 radical (unpaired) electrons. The number of para-hydroxylation sites is 2. The van der Waals surface area contributed by atoms with Gasteiger partial charge in [-0.1, -0.05) is 12.1 Å². The molecular weight excluding hydrogens is 453 g/mol. The highest BCUT2D eigenvalue weighted by Gasteiger charge is 2.14. The van der Waals surface area contributed by atoms with Crippen LogP contribution in [-0.4, -0.2) is 56.9 Å². The van der Waals surface area contributed by atoms with Gasteiger partial charge < -0.3 is 20.9 Å². The van der Waals surface area contributed by atoms with Gasteiger partial charge in [-0.05, 0) is 43.8 Å². The number of hydrogen-bond donors (Lipinski definition) is 3. The van der Waals surface area contributed by atoms with Crippen LogP contribution in [0.1, 0.15) is 33.4 Å². The Morgan fingerprint density at radius 3 is 2.79 bits per heavy atom. The van der Waals surface area contributed by atoms with E-state index in [0.717, 1.165) is 60.8 Å². The fourth-order valence-electron chi connectivity index (χ4n) is 3.63. The number of thiazole rings is 1. The molecule has 3 heterocycles. The van der Waals surface area contributed by atoms with E-state index in [1.165, 1.54) is 29.7 Å². The molecule has 4 aromatic rings. The van der Waals surface area contributed by atoms with Gasteiger partial charge in [0.25, 0.3) is 5.91 Å². The second kappa shape index (κ2) is 11.8. The molecule has 0 aliphatic rings. The largest absolute Gasteiger partial charge is 0.345 e. The summed E-state index contributed by atoms with van der Waals surface area (Å²) >= 11 is 1.45. The number of nitrogens with two attached hydrogens (primary N) is 1. The van der Waals surface area contributed by atoms with Crippen LogP contribution in [-0.2, 0) is 19.4 Å². The highest BCUT2D eigenvalue weighted by atomic mass is 32.1. The third-order valence-corrected chi connectivity index (χ3v) is 6.37. The summed E-state index contributed by atoms with van der Waals surface area (Å²) in [4.78, 5) is 31.2. The summed E-state index contributed by atoms with van der Waals surface area (Å²) < 4.78 is 13.7. The molecule has 1 aromatic carbocycles. The molecule has 0 bridgehead atoms. The van der Waals surface area contributed by atoms with E-state index in [0.29, 0.717) is 12.2 Å². The molecular formula is C24H28FN7OS. The Morgan fingerprint density at radius 2 is 1.97 bits per heavy atom. The van der Waals surface area contributed by atoms with E-state index in [4.69, 9.17) is 5.73 Å². The van der Waals surface area contributed by atoms with Gasteiger partial charge in [-0.15, -0.1) is 11.3 Å². The monoisotopic (exact) mass is 481 g/mol. The summed E-state index contributed by atoms with van der Waals surface area (Å²) in [6.45, 7) is 3.22. The van der Waals surface area contributed by atoms with Crippen molar-refractivity contribution in [1.29, 1.82) is 0 Å². The van der Waals surface area contributed by atoms with Crippen LogP contribution >= 0.6 is 11.3 Å². The van der Waals surface area contributed by atoms with Crippen molar-refractivity contribution in [3.63, 3.8) is 0 Å². The summed E-state index contributed by atoms with van der Waals surface area (Å²) in [7, 11) is 0. The maximum atomic E-state index is 13.7. The van der Waals surface area contributed by atoms with Crippen LogP contribution in [0.3, 0.4) is 0 Å². The zero-order valence-corrected chi connectivity index (χ0v) is 19.7. The molecule has 0 saturated carbocycles. The van der Waals surface area contributed by atoms with Gasteiger partial charge in [-0.3, -0.25) is 9.78 Å². The summed E-state index contributed by atoms with van der Waals surface area (Å²) in [6, 6.07) is 10.9. The molecule has 4 rings (SSSR count). The van der Waals surface area contributed by atoms with E-state index in [9.17, 15) is 9.18 Å². The molecule has 10 heteroatoms. The predicted octanol–water partition coefficient (Wildman–Crippen LogP) is 2.92. The van der Waals surface area contributed by atoms with E-state index in [-0.39, 0.29) is 18.1 Å². The first-order valence-electron chi connectivity index (χ1n) is 11.3. The molecule has 4 N–H and O–H groups in total. The zero-order valence-electron chi connectivity index (χ0n) is 18.8. The Labute approximate surface area is 201 Å². The van der Waals surface area contributed by atoms with Crippen LogP contribution in [0.15, 0.2) is 48.0 Å². The molecule has 0 atom stereocenters. The van der Waals surface area contributed by atoms with Gasteiger partial charge in [-0.25, -0.2) is 14.4 Å². The number of pyridine rings is 1. The summed E-state index contributed by atoms with van der Waals surface area (Å²) in [6.07, 6.45) is 3.96. The van der Waals surface area contributed by atoms with Gasteiger partial charge in [0.1, 0.15) is 17.3 Å². The number of imidazole rings is 1. The smallest absolute Gasteiger partial charge is 0.271 e. The van der Waals surface area contributed by atoms with Gasteiger partial charge in [0, 0.05) is 37.5 Å². The third kappa shape index (κ3) is 6.43. The van der Waals surface area contributed by atoms with E-state index >= 15 is 0 Å². The molecule has 0 spiro atoms. The lowest BCUT2D eigenvalue weighted by Gasteiger charge is -2.21. The normalized spacial score (nSPS) is 11.4. The standard InChI is InChI=1S/C24H28FN7OS/c25-17-5-3-11-27-20(17)15-28-24(33)21-16-34-23(31-21)9-14-32(12-4-10-26)13-8-22-29-18-6-1-2-7-19(18)30-22/h1-3,5-7,11,16H,4,8-10,12-15,26H2,(H,28,33)(H,29,30). The molecule has 178 valence electrons. The van der Waals surface area contributed by atoms with Crippen LogP contribution < -0.4 is 11.1 Å². The topological polar surface area (TPSA) is 113 Å². The number of H-pyrrole nitrogens is 1. The minimum absolute atomic E-state index is 0.0209. The van der Waals surface area contributed by atoms with Crippen molar-refractivity contribution in [2.45, 2.75) is 25.8 Å². The highest BCUT2D eigenvalue weighted by Crippen LogP contribution is 2.13. The molecule has 0 fully saturated rings. The molecule has 3 aromatic heterocycles. The van der Waals surface area contributed by atoms with Crippen molar-refractivity contribution in [2.75, 3.05) is 26.2 Å². The fraction of sp³-hybridized carbons (Fsp3) is 0.333. The van der Waals surface area contributed by atoms with Crippen LogP contribution in [0.4, 0.5) is 4.39 Å². The number of nitrogens with zero attached hydrogens (tertiary/aromatic N) is 4. The van der Waals surface area contributed by atoms with Gasteiger partial charge in [0.15, 0.2) is 0 Å². The number of aromatic amines is 1. The predicted molar refractivity (Wildman–Crippen MR) is 131 cm³/mol. The first kappa shape index (κ1) is 23.9. The van der Waals surface area contributed by atoms with Crippen molar-refractivity contribution in [3.05, 3.63) is 76.0 Å². The lowest BCUT2D eigenvalue weighted by molar-refractivity contribution is 0.0945. The van der Waals surface area contributed by atoms with Crippen LogP contribution in [0.2, 0.25) is 0 Å². The number of carbonyl (C=O) groups is 1. The van der Waals surface area contributed by atoms with E-state index in [2.05, 4.69) is 30.2 Å². The Morgan fingerprint density at radius 1 is 1.12 bits per heavy atom. The fourth-order valence-corrected chi connectivity index (χ4v) is 4.39. The highest BCUT2D eigenvalue weighted by molar-refractivity contribution is 7.09. The summed E-state index contributed by atoms with van der Waals surface area (Å²) in [5.74, 6) is 0.191. The average molecular weight is 482 g/mol. The van der Waals surface area contributed by atoms with E-state index in [1.807, 2.05) is 24.3 Å². The number of carbonyl (C=O) groups excluding carboxylic acids is 1. The minimum Gasteiger partial charge on any atom is -0.345 e. The lowest BCUT2D eigenvalue weighted by atomic mass is 10.3. The number of fused-ring (bicyclic) bond motifs is 1. The molecule has 0 aliphatic heterocycles. The quantitative estimate of drug-likeness (QED) is 0.287. The number of amides is 1. The number of halogens is 1. The molecule has 0 aliphatic carbocycles. The van der Waals surface area contributed by atoms with Crippen LogP contribution in [0.5, 0.6) is 0 Å². The van der Waals surface area contributed by atoms with Gasteiger partial charge >= 0.3 is 0 Å². The summed E-state index contributed by atoms with van der Waals surface area (Å²) in [5, 5.41) is 5.30. The maximum absolute atomic E-state index is 13.7. The van der Waals surface area contributed by atoms with Crippen molar-refractivity contribution in [2.24, 2.45) is 5.73 Å². The lowest BCUT2D eigenvalue weighted by Crippen LogP contribution is -2.31. The number of rotatable bonds is 12. The Hall–Kier alpha value is -3.21. The molecule has 0 unspecified atom stereocenters. The van der Waals surface area contributed by atoms with Gasteiger partial charge in [0.05, 0.1) is 28.3 Å². The van der Waals surface area contributed by atoms with Crippen LogP contribution in [0, 0.1) is 5.82 Å². The first-order valence-corrected chi connectivity index (χ1v) is 12.2. The zero-order chi connectivity index (χ0) is 23.8. The van der Waals surface area contributed by atoms with Gasteiger partial charge in [-0.2, -0.15) is 0 Å². The third-order valence-electron chi connectivity index (χ3n) is 5.46. The van der Waals surface area contributed by atoms with E-state index < -0.39 is 5.82 Å². The van der Waals surface area contributed by atoms with Gasteiger partial charge in [0.2, 0.25) is 0 Å². The Balaban J connectivity index is 1.29. The average Bonchev–Trinajstić information content (AvgIpc) is 3.50. The number of benzene rings is 1. The SMILES string of the molecule is NCCCN(CCc1nc2ccccc2[nH]1)CCc1nc(C(=O)NCc2ncccc2F)cs1. The number of hydrogen-bond acceptors (Lipinski definition) is 7. The molecule has 0 saturated heterocycles. The maximum Gasteiger partial charge on any atom is 0.271 e. The Bertz CT molecular complexity index is 1190.